The van der Waals surface area contributed by atoms with Crippen molar-refractivity contribution >= 4 is 33.7 Å². The molecule has 2 N–H and O–H groups in total. The third-order valence-corrected chi connectivity index (χ3v) is 8.16. The van der Waals surface area contributed by atoms with E-state index >= 15 is 0 Å². The molecule has 0 atom stereocenters. The van der Waals surface area contributed by atoms with Crippen molar-refractivity contribution in [2.45, 2.75) is 26.3 Å². The molecule has 1 aliphatic heterocycles. The summed E-state index contributed by atoms with van der Waals surface area (Å²) in [6.45, 7) is 5.93. The van der Waals surface area contributed by atoms with E-state index < -0.39 is 0 Å². The van der Waals surface area contributed by atoms with Gasteiger partial charge in [0, 0.05) is 61.0 Å². The van der Waals surface area contributed by atoms with E-state index in [1.54, 1.807) is 0 Å². The molecule has 1 aliphatic rings. The van der Waals surface area contributed by atoms with Gasteiger partial charge in [0.25, 0.3) is 0 Å². The lowest BCUT2D eigenvalue weighted by Crippen LogP contribution is -2.48. The van der Waals surface area contributed by atoms with E-state index in [4.69, 9.17) is 4.98 Å². The molecule has 0 aliphatic carbocycles. The number of para-hydroxylation sites is 1. The van der Waals surface area contributed by atoms with Crippen molar-refractivity contribution in [1.82, 2.24) is 29.6 Å². The zero-order valence-corrected chi connectivity index (χ0v) is 23.2. The lowest BCUT2D eigenvalue weighted by Gasteiger charge is -2.36. The molecule has 0 radical (unpaired) electrons. The van der Waals surface area contributed by atoms with Crippen LogP contribution in [-0.4, -0.2) is 61.7 Å². The summed E-state index contributed by atoms with van der Waals surface area (Å²) in [4.78, 5) is 28.9. The van der Waals surface area contributed by atoms with Crippen LogP contribution < -0.4 is 4.90 Å². The number of imidazole rings is 1. The fourth-order valence-corrected chi connectivity index (χ4v) is 5.75. The molecule has 1 saturated heterocycles. The van der Waals surface area contributed by atoms with Gasteiger partial charge >= 0.3 is 0 Å². The van der Waals surface area contributed by atoms with Gasteiger partial charge in [-0.1, -0.05) is 48.0 Å². The first kappa shape index (κ1) is 25.1. The van der Waals surface area contributed by atoms with Gasteiger partial charge in [0.05, 0.1) is 12.7 Å². The minimum atomic E-state index is 0.233. The van der Waals surface area contributed by atoms with Crippen molar-refractivity contribution in [3.63, 3.8) is 0 Å². The number of piperazine rings is 1. The molecule has 1 amide bonds. The van der Waals surface area contributed by atoms with Gasteiger partial charge in [-0.2, -0.15) is 5.10 Å². The van der Waals surface area contributed by atoms with Crippen molar-refractivity contribution < 1.29 is 4.79 Å². The molecule has 3 aromatic heterocycles. The van der Waals surface area contributed by atoms with E-state index in [2.05, 4.69) is 87.6 Å². The number of nitrogens with one attached hydrogen (secondary N) is 2. The quantitative estimate of drug-likeness (QED) is 0.277. The predicted molar refractivity (Wildman–Crippen MR) is 163 cm³/mol. The molecule has 0 spiro atoms. The third-order valence-electron chi connectivity index (χ3n) is 8.16. The van der Waals surface area contributed by atoms with Gasteiger partial charge in [-0.05, 0) is 54.8 Å². The normalized spacial score (nSPS) is 13.9. The number of H-pyrrole nitrogens is 2. The van der Waals surface area contributed by atoms with Crippen LogP contribution >= 0.6 is 0 Å². The maximum atomic E-state index is 12.9. The zero-order valence-electron chi connectivity index (χ0n) is 23.2. The minimum Gasteiger partial charge on any atom is -0.368 e. The lowest BCUT2D eigenvalue weighted by molar-refractivity contribution is -0.131. The molecule has 3 aromatic carbocycles. The number of hydrogen-bond donors (Lipinski definition) is 2. The fourth-order valence-electron chi connectivity index (χ4n) is 5.75. The van der Waals surface area contributed by atoms with Crippen LogP contribution in [0.15, 0.2) is 85.2 Å². The van der Waals surface area contributed by atoms with Crippen molar-refractivity contribution in [2.24, 2.45) is 0 Å². The largest absolute Gasteiger partial charge is 0.368 e. The molecule has 0 bridgehead atoms. The molecular formula is C33H33N7O. The van der Waals surface area contributed by atoms with Crippen LogP contribution in [0.2, 0.25) is 0 Å². The number of carbonyl (C=O) groups excluding carboxylic acids is 1. The first-order valence-electron chi connectivity index (χ1n) is 14.3. The maximum absolute atomic E-state index is 12.9. The minimum absolute atomic E-state index is 0.233. The number of rotatable bonds is 7. The number of fused-ring (bicyclic) bond motifs is 2. The second-order valence-electron chi connectivity index (χ2n) is 10.9. The van der Waals surface area contributed by atoms with Crippen LogP contribution in [0.1, 0.15) is 23.1 Å². The number of benzene rings is 3. The average molecular weight is 544 g/mol. The molecule has 8 nitrogen and oxygen atoms in total. The monoisotopic (exact) mass is 543 g/mol. The highest BCUT2D eigenvalue weighted by Crippen LogP contribution is 2.25. The van der Waals surface area contributed by atoms with E-state index in [0.29, 0.717) is 13.0 Å². The molecule has 0 saturated carbocycles. The molecule has 41 heavy (non-hydrogen) atoms. The molecule has 8 heteroatoms. The summed E-state index contributed by atoms with van der Waals surface area (Å²) in [5.41, 5.74) is 8.78. The predicted octanol–water partition coefficient (Wildman–Crippen LogP) is 5.55. The van der Waals surface area contributed by atoms with Crippen molar-refractivity contribution in [3.8, 4) is 11.4 Å². The number of carbonyl (C=O) groups is 1. The number of anilines is 1. The SMILES string of the molecule is Cc1ccc(Cn2ncc3[nH]c(-c4ccc(N5CCN(C(=O)CCc6c[nH]c7ccccc67)CC5)cc4)nc32)cc1. The maximum Gasteiger partial charge on any atom is 0.223 e. The topological polar surface area (TPSA) is 85.8 Å². The molecular weight excluding hydrogens is 510 g/mol. The third kappa shape index (κ3) is 5.09. The Hall–Kier alpha value is -4.85. The summed E-state index contributed by atoms with van der Waals surface area (Å²) in [6.07, 6.45) is 5.17. The van der Waals surface area contributed by atoms with Crippen LogP contribution in [0, 0.1) is 6.92 Å². The van der Waals surface area contributed by atoms with Crippen LogP contribution in [0.25, 0.3) is 33.5 Å². The van der Waals surface area contributed by atoms with Gasteiger partial charge in [-0.25, -0.2) is 9.67 Å². The number of aromatic amines is 2. The number of amides is 1. The number of aryl methyl sites for hydroxylation is 2. The molecule has 6 aromatic rings. The van der Waals surface area contributed by atoms with E-state index in [-0.39, 0.29) is 5.91 Å². The lowest BCUT2D eigenvalue weighted by atomic mass is 10.1. The van der Waals surface area contributed by atoms with Crippen LogP contribution in [-0.2, 0) is 17.8 Å². The van der Waals surface area contributed by atoms with E-state index in [9.17, 15) is 4.79 Å². The second-order valence-corrected chi connectivity index (χ2v) is 10.9. The molecule has 4 heterocycles. The first-order chi connectivity index (χ1) is 20.1. The highest BCUT2D eigenvalue weighted by atomic mass is 16.2. The van der Waals surface area contributed by atoms with Crippen molar-refractivity contribution in [1.29, 1.82) is 0 Å². The Morgan fingerprint density at radius 1 is 0.902 bits per heavy atom. The summed E-state index contributed by atoms with van der Waals surface area (Å²) in [7, 11) is 0. The van der Waals surface area contributed by atoms with Gasteiger partial charge in [0.2, 0.25) is 5.91 Å². The Labute approximate surface area is 238 Å². The van der Waals surface area contributed by atoms with Gasteiger partial charge < -0.3 is 19.8 Å². The van der Waals surface area contributed by atoms with Crippen LogP contribution in [0.5, 0.6) is 0 Å². The Morgan fingerprint density at radius 2 is 1.68 bits per heavy atom. The van der Waals surface area contributed by atoms with Gasteiger partial charge in [0.15, 0.2) is 5.65 Å². The highest BCUT2D eigenvalue weighted by Gasteiger charge is 2.22. The highest BCUT2D eigenvalue weighted by molar-refractivity contribution is 5.84. The van der Waals surface area contributed by atoms with E-state index in [1.165, 1.54) is 27.8 Å². The molecule has 7 rings (SSSR count). The first-order valence-corrected chi connectivity index (χ1v) is 14.3. The van der Waals surface area contributed by atoms with Gasteiger partial charge in [-0.15, -0.1) is 0 Å². The molecule has 206 valence electrons. The summed E-state index contributed by atoms with van der Waals surface area (Å²) >= 11 is 0. The Kier molecular flexibility index (Phi) is 6.51. The van der Waals surface area contributed by atoms with E-state index in [0.717, 1.165) is 60.7 Å². The fraction of sp³-hybridized carbons (Fsp3) is 0.242. The van der Waals surface area contributed by atoms with Gasteiger partial charge in [0.1, 0.15) is 11.3 Å². The standard InChI is InChI=1S/C33H33N7O/c1-23-6-8-24(9-7-23)22-40-33-30(21-35-40)36-32(37-33)25-10-13-27(14-11-25)38-16-18-39(19-17-38)31(41)15-12-26-20-34-29-5-3-2-4-28(26)29/h2-11,13-14,20-21,34H,12,15-19,22H2,1H3,(H,36,37). The van der Waals surface area contributed by atoms with Crippen LogP contribution in [0.4, 0.5) is 5.69 Å². The van der Waals surface area contributed by atoms with Crippen molar-refractivity contribution in [3.05, 3.63) is 102 Å². The van der Waals surface area contributed by atoms with Crippen molar-refractivity contribution in [2.75, 3.05) is 31.1 Å². The number of nitrogens with zero attached hydrogens (tertiary/aromatic N) is 5. The summed E-state index contributed by atoms with van der Waals surface area (Å²) in [5.74, 6) is 1.07. The summed E-state index contributed by atoms with van der Waals surface area (Å²) < 4.78 is 1.94. The molecule has 1 fully saturated rings. The van der Waals surface area contributed by atoms with E-state index in [1.807, 2.05) is 34.1 Å². The Balaban J connectivity index is 0.957. The summed E-state index contributed by atoms with van der Waals surface area (Å²) in [5, 5.41) is 5.73. The average Bonchev–Trinajstić information content (AvgIpc) is 3.73. The number of hydrogen-bond acceptors (Lipinski definition) is 4. The summed E-state index contributed by atoms with van der Waals surface area (Å²) in [6, 6.07) is 25.3. The molecule has 0 unspecified atom stereocenters. The van der Waals surface area contributed by atoms with Crippen LogP contribution in [0.3, 0.4) is 0 Å². The van der Waals surface area contributed by atoms with Gasteiger partial charge in [-0.3, -0.25) is 4.79 Å². The Morgan fingerprint density at radius 3 is 2.49 bits per heavy atom. The number of aromatic nitrogens is 5. The smallest absolute Gasteiger partial charge is 0.223 e. The second kappa shape index (κ2) is 10.6. The zero-order chi connectivity index (χ0) is 27.8. The Bertz CT molecular complexity index is 1800.